The van der Waals surface area contributed by atoms with E-state index < -0.39 is 0 Å². The van der Waals surface area contributed by atoms with Gasteiger partial charge in [0, 0.05) is 24.7 Å². The van der Waals surface area contributed by atoms with Gasteiger partial charge in [0.25, 0.3) is 0 Å². The predicted octanol–water partition coefficient (Wildman–Crippen LogP) is 1.79. The highest BCUT2D eigenvalue weighted by atomic mass is 16.1. The number of benzene rings is 1. The molecule has 1 atom stereocenters. The fraction of sp³-hybridized carbons (Fsp3) is 0.533. The van der Waals surface area contributed by atoms with Gasteiger partial charge in [-0.25, -0.2) is 0 Å². The lowest BCUT2D eigenvalue weighted by Gasteiger charge is -2.35. The molecule has 0 aliphatic carbocycles. The lowest BCUT2D eigenvalue weighted by Crippen LogP contribution is -2.40. The Morgan fingerprint density at radius 2 is 2.11 bits per heavy atom. The van der Waals surface area contributed by atoms with E-state index in [0.717, 1.165) is 31.6 Å². The van der Waals surface area contributed by atoms with Gasteiger partial charge in [0.05, 0.1) is 0 Å². The molecule has 0 spiro atoms. The lowest BCUT2D eigenvalue weighted by atomic mass is 9.94. The molecule has 1 fully saturated rings. The summed E-state index contributed by atoms with van der Waals surface area (Å²) >= 11 is 0. The molecular weight excluding hydrogens is 238 g/mol. The van der Waals surface area contributed by atoms with Crippen LogP contribution in [0.15, 0.2) is 24.3 Å². The Morgan fingerprint density at radius 3 is 2.68 bits per heavy atom. The van der Waals surface area contributed by atoms with Gasteiger partial charge in [-0.3, -0.25) is 9.69 Å². The van der Waals surface area contributed by atoms with Gasteiger partial charge in [0.1, 0.15) is 0 Å². The molecule has 0 saturated carbocycles. The van der Waals surface area contributed by atoms with Crippen molar-refractivity contribution < 1.29 is 4.79 Å². The zero-order valence-electron chi connectivity index (χ0n) is 11.7. The van der Waals surface area contributed by atoms with Gasteiger partial charge in [-0.05, 0) is 50.6 Å². The molecule has 1 aliphatic heterocycles. The third-order valence-electron chi connectivity index (χ3n) is 4.09. The minimum Gasteiger partial charge on any atom is -0.399 e. The molecule has 0 radical (unpaired) electrons. The molecule has 104 valence electrons. The molecule has 4 heteroatoms. The van der Waals surface area contributed by atoms with Crippen LogP contribution in [0.4, 0.5) is 5.69 Å². The average Bonchev–Trinajstić information content (AvgIpc) is 2.46. The van der Waals surface area contributed by atoms with E-state index in [4.69, 9.17) is 5.73 Å². The van der Waals surface area contributed by atoms with Crippen molar-refractivity contribution in [3.05, 3.63) is 29.8 Å². The van der Waals surface area contributed by atoms with Crippen LogP contribution in [0.5, 0.6) is 0 Å². The second-order valence-electron chi connectivity index (χ2n) is 5.27. The number of carbonyl (C=O) groups is 1. The van der Waals surface area contributed by atoms with Crippen molar-refractivity contribution in [3.8, 4) is 0 Å². The first-order valence-corrected chi connectivity index (χ1v) is 6.93. The molecule has 1 aliphatic rings. The normalized spacial score (nSPS) is 19.1. The molecule has 1 aromatic rings. The summed E-state index contributed by atoms with van der Waals surface area (Å²) in [7, 11) is 1.71. The lowest BCUT2D eigenvalue weighted by molar-refractivity contribution is -0.126. The maximum absolute atomic E-state index is 11.6. The van der Waals surface area contributed by atoms with E-state index in [2.05, 4.69) is 23.2 Å². The standard InChI is InChI=1S/C15H23N3O/c1-11(13-4-3-5-14(16)10-13)18-8-6-12(7-9-18)15(19)17-2/h3-5,10-12H,6-9,16H2,1-2H3,(H,17,19). The maximum atomic E-state index is 11.6. The molecule has 1 unspecified atom stereocenters. The average molecular weight is 261 g/mol. The van der Waals surface area contributed by atoms with Gasteiger partial charge in [0.2, 0.25) is 5.91 Å². The summed E-state index contributed by atoms with van der Waals surface area (Å²) in [6, 6.07) is 8.42. The number of anilines is 1. The maximum Gasteiger partial charge on any atom is 0.222 e. The Hall–Kier alpha value is -1.55. The number of piperidine rings is 1. The van der Waals surface area contributed by atoms with Crippen LogP contribution < -0.4 is 11.1 Å². The molecule has 2 rings (SSSR count). The van der Waals surface area contributed by atoms with E-state index in [-0.39, 0.29) is 11.8 Å². The number of amides is 1. The van der Waals surface area contributed by atoms with Gasteiger partial charge >= 0.3 is 0 Å². The first kappa shape index (κ1) is 13.9. The number of carbonyl (C=O) groups excluding carboxylic acids is 1. The zero-order valence-corrected chi connectivity index (χ0v) is 11.7. The quantitative estimate of drug-likeness (QED) is 0.816. The van der Waals surface area contributed by atoms with E-state index in [1.165, 1.54) is 5.56 Å². The zero-order chi connectivity index (χ0) is 13.8. The number of nitrogens with zero attached hydrogens (tertiary/aromatic N) is 1. The van der Waals surface area contributed by atoms with Crippen molar-refractivity contribution in [2.75, 3.05) is 25.9 Å². The van der Waals surface area contributed by atoms with E-state index in [1.54, 1.807) is 7.05 Å². The van der Waals surface area contributed by atoms with Gasteiger partial charge in [-0.1, -0.05) is 12.1 Å². The highest BCUT2D eigenvalue weighted by molar-refractivity contribution is 5.78. The Labute approximate surface area is 115 Å². The van der Waals surface area contributed by atoms with Crippen molar-refractivity contribution in [1.82, 2.24) is 10.2 Å². The minimum atomic E-state index is 0.175. The third kappa shape index (κ3) is 3.26. The van der Waals surface area contributed by atoms with Crippen LogP contribution in [0.3, 0.4) is 0 Å². The highest BCUT2D eigenvalue weighted by Crippen LogP contribution is 2.27. The molecule has 1 heterocycles. The first-order chi connectivity index (χ1) is 9.11. The molecule has 1 aromatic carbocycles. The first-order valence-electron chi connectivity index (χ1n) is 6.93. The summed E-state index contributed by atoms with van der Waals surface area (Å²) in [6.07, 6.45) is 1.87. The molecule has 0 aromatic heterocycles. The number of nitrogens with two attached hydrogens (primary N) is 1. The van der Waals surface area contributed by atoms with Crippen LogP contribution in [0, 0.1) is 5.92 Å². The Balaban J connectivity index is 1.96. The van der Waals surface area contributed by atoms with Crippen molar-refractivity contribution in [3.63, 3.8) is 0 Å². The van der Waals surface area contributed by atoms with Gasteiger partial charge < -0.3 is 11.1 Å². The third-order valence-corrected chi connectivity index (χ3v) is 4.09. The van der Waals surface area contributed by atoms with Crippen LogP contribution >= 0.6 is 0 Å². The number of likely N-dealkylation sites (tertiary alicyclic amines) is 1. The van der Waals surface area contributed by atoms with Crippen LogP contribution in [0.1, 0.15) is 31.4 Å². The molecule has 1 amide bonds. The van der Waals surface area contributed by atoms with Gasteiger partial charge in [0.15, 0.2) is 0 Å². The summed E-state index contributed by atoms with van der Waals surface area (Å²) in [4.78, 5) is 14.0. The van der Waals surface area contributed by atoms with Crippen LogP contribution in [-0.2, 0) is 4.79 Å². The summed E-state index contributed by atoms with van der Waals surface area (Å²) in [6.45, 7) is 4.14. The Morgan fingerprint density at radius 1 is 1.42 bits per heavy atom. The predicted molar refractivity (Wildman–Crippen MR) is 77.6 cm³/mol. The molecule has 1 saturated heterocycles. The topological polar surface area (TPSA) is 58.4 Å². The summed E-state index contributed by atoms with van der Waals surface area (Å²) < 4.78 is 0. The van der Waals surface area contributed by atoms with E-state index in [1.807, 2.05) is 18.2 Å². The monoisotopic (exact) mass is 261 g/mol. The smallest absolute Gasteiger partial charge is 0.222 e. The van der Waals surface area contributed by atoms with Gasteiger partial charge in [-0.15, -0.1) is 0 Å². The second kappa shape index (κ2) is 6.06. The van der Waals surface area contributed by atoms with E-state index in [9.17, 15) is 4.79 Å². The van der Waals surface area contributed by atoms with Crippen molar-refractivity contribution in [2.45, 2.75) is 25.8 Å². The fourth-order valence-corrected chi connectivity index (χ4v) is 2.78. The minimum absolute atomic E-state index is 0.175. The summed E-state index contributed by atoms with van der Waals surface area (Å²) in [5, 5.41) is 2.74. The Bertz CT molecular complexity index is 439. The van der Waals surface area contributed by atoms with Crippen molar-refractivity contribution in [1.29, 1.82) is 0 Å². The van der Waals surface area contributed by atoms with Crippen molar-refractivity contribution in [2.24, 2.45) is 5.92 Å². The van der Waals surface area contributed by atoms with Crippen LogP contribution in [-0.4, -0.2) is 30.9 Å². The second-order valence-corrected chi connectivity index (χ2v) is 5.27. The molecule has 4 nitrogen and oxygen atoms in total. The molecular formula is C15H23N3O. The number of hydrogen-bond donors (Lipinski definition) is 2. The number of nitrogen functional groups attached to an aromatic ring is 1. The molecule has 19 heavy (non-hydrogen) atoms. The summed E-state index contributed by atoms with van der Waals surface area (Å²) in [5.74, 6) is 0.352. The number of hydrogen-bond acceptors (Lipinski definition) is 3. The van der Waals surface area contributed by atoms with E-state index >= 15 is 0 Å². The number of rotatable bonds is 3. The van der Waals surface area contributed by atoms with Gasteiger partial charge in [-0.2, -0.15) is 0 Å². The summed E-state index contributed by atoms with van der Waals surface area (Å²) in [5.41, 5.74) is 7.89. The Kier molecular flexibility index (Phi) is 4.43. The highest BCUT2D eigenvalue weighted by Gasteiger charge is 2.26. The molecule has 3 N–H and O–H groups in total. The van der Waals surface area contributed by atoms with E-state index in [0.29, 0.717) is 6.04 Å². The van der Waals surface area contributed by atoms with Crippen molar-refractivity contribution >= 4 is 11.6 Å². The largest absolute Gasteiger partial charge is 0.399 e. The van der Waals surface area contributed by atoms with Crippen LogP contribution in [0.25, 0.3) is 0 Å². The number of nitrogens with one attached hydrogen (secondary N) is 1. The molecule has 0 bridgehead atoms. The van der Waals surface area contributed by atoms with Crippen LogP contribution in [0.2, 0.25) is 0 Å². The SMILES string of the molecule is CNC(=O)C1CCN(C(C)c2cccc(N)c2)CC1. The fourth-order valence-electron chi connectivity index (χ4n) is 2.78.